The van der Waals surface area contributed by atoms with Gasteiger partial charge in [-0.3, -0.25) is 0 Å². The van der Waals surface area contributed by atoms with Gasteiger partial charge in [0.2, 0.25) is 0 Å². The average Bonchev–Trinajstić information content (AvgIpc) is 3.92. The quantitative estimate of drug-likeness (QED) is 0.180. The van der Waals surface area contributed by atoms with Crippen molar-refractivity contribution in [3.63, 3.8) is 0 Å². The Morgan fingerprint density at radius 3 is 1.77 bits per heavy atom. The van der Waals surface area contributed by atoms with Crippen molar-refractivity contribution in [1.29, 1.82) is 0 Å². The third-order valence-corrected chi connectivity index (χ3v) is 11.3. The van der Waals surface area contributed by atoms with Crippen LogP contribution >= 0.6 is 11.3 Å². The first-order valence-electron chi connectivity index (χ1n) is 17.7. The molecule has 53 heavy (non-hydrogen) atoms. The summed E-state index contributed by atoms with van der Waals surface area (Å²) in [7, 11) is 0. The van der Waals surface area contributed by atoms with Crippen LogP contribution in [0.2, 0.25) is 0 Å². The van der Waals surface area contributed by atoms with E-state index in [-0.39, 0.29) is 0 Å². The molecule has 248 valence electrons. The van der Waals surface area contributed by atoms with Crippen molar-refractivity contribution in [2.24, 2.45) is 0 Å². The molecule has 0 fully saturated rings. The normalized spacial score (nSPS) is 11.8. The van der Waals surface area contributed by atoms with Crippen LogP contribution in [0.4, 0.5) is 0 Å². The van der Waals surface area contributed by atoms with Gasteiger partial charge in [-0.2, -0.15) is 0 Å². The number of rotatable bonds is 5. The number of benzene rings is 7. The van der Waals surface area contributed by atoms with Crippen molar-refractivity contribution < 1.29 is 0 Å². The Labute approximate surface area is 308 Å². The van der Waals surface area contributed by atoms with E-state index in [2.05, 4.69) is 125 Å². The number of hydrogen-bond acceptors (Lipinski definition) is 4. The summed E-state index contributed by atoms with van der Waals surface area (Å²) in [6.07, 6.45) is 2.17. The molecule has 7 aromatic carbocycles. The molecule has 0 amide bonds. The molecule has 11 aromatic rings. The number of aromatic nitrogens is 5. The molecule has 5 nitrogen and oxygen atoms in total. The monoisotopic (exact) mass is 695 g/mol. The minimum absolute atomic E-state index is 0.631. The first-order valence-corrected chi connectivity index (χ1v) is 18.5. The molecule has 0 aliphatic heterocycles. The van der Waals surface area contributed by atoms with Gasteiger partial charge in [0, 0.05) is 70.6 Å². The molecular weight excluding hydrogens is 667 g/mol. The number of hydrogen-bond donors (Lipinski definition) is 0. The highest BCUT2D eigenvalue weighted by Crippen LogP contribution is 2.44. The molecular formula is C47H29N5S. The van der Waals surface area contributed by atoms with Crippen LogP contribution in [0.15, 0.2) is 176 Å². The van der Waals surface area contributed by atoms with Crippen LogP contribution in [0, 0.1) is 0 Å². The number of thiophene rings is 1. The molecule has 0 saturated heterocycles. The van der Waals surface area contributed by atoms with Gasteiger partial charge in [-0.15, -0.1) is 11.3 Å². The zero-order valence-corrected chi connectivity index (χ0v) is 29.2. The van der Waals surface area contributed by atoms with Crippen molar-refractivity contribution in [3.8, 4) is 45.5 Å². The largest absolute Gasteiger partial charge is 0.316 e. The predicted molar refractivity (Wildman–Crippen MR) is 220 cm³/mol. The zero-order chi connectivity index (χ0) is 34.9. The van der Waals surface area contributed by atoms with Crippen molar-refractivity contribution in [2.75, 3.05) is 0 Å². The van der Waals surface area contributed by atoms with Crippen molar-refractivity contribution in [2.45, 2.75) is 0 Å². The van der Waals surface area contributed by atoms with E-state index in [1.807, 2.05) is 72.0 Å². The molecule has 4 heterocycles. The van der Waals surface area contributed by atoms with Gasteiger partial charge in [-0.05, 0) is 54.6 Å². The van der Waals surface area contributed by atoms with E-state index < -0.39 is 0 Å². The Morgan fingerprint density at radius 2 is 1.04 bits per heavy atom. The van der Waals surface area contributed by atoms with Crippen LogP contribution in [0.25, 0.3) is 98.4 Å². The molecule has 0 atom stereocenters. The Bertz CT molecular complexity index is 3100. The van der Waals surface area contributed by atoms with Crippen LogP contribution in [0.1, 0.15) is 0 Å². The highest BCUT2D eigenvalue weighted by molar-refractivity contribution is 7.26. The van der Waals surface area contributed by atoms with E-state index in [0.717, 1.165) is 39.1 Å². The SMILES string of the molecule is c1ccc(-c2nc(-c3ccccc3)nc(-c3cccc(-n4c5cc6c(ccn6-c6ccccc6)cc5c5ccc6sc7ccccc7c6c54)c3)n2)cc1. The Hall–Kier alpha value is -6.89. The lowest BCUT2D eigenvalue weighted by Crippen LogP contribution is -2.01. The number of fused-ring (bicyclic) bond motifs is 8. The Balaban J connectivity index is 1.20. The van der Waals surface area contributed by atoms with E-state index in [9.17, 15) is 0 Å². The van der Waals surface area contributed by atoms with E-state index in [1.54, 1.807) is 0 Å². The van der Waals surface area contributed by atoms with Crippen molar-refractivity contribution >= 4 is 64.2 Å². The predicted octanol–water partition coefficient (Wildman–Crippen LogP) is 12.3. The van der Waals surface area contributed by atoms with Gasteiger partial charge in [0.15, 0.2) is 17.5 Å². The van der Waals surface area contributed by atoms with Gasteiger partial charge >= 0.3 is 0 Å². The summed E-state index contributed by atoms with van der Waals surface area (Å²) >= 11 is 1.85. The second-order valence-corrected chi connectivity index (χ2v) is 14.4. The third kappa shape index (κ3) is 4.80. The lowest BCUT2D eigenvalue weighted by atomic mass is 10.1. The summed E-state index contributed by atoms with van der Waals surface area (Å²) in [5.41, 5.74) is 8.51. The molecule has 0 saturated carbocycles. The zero-order valence-electron chi connectivity index (χ0n) is 28.4. The summed E-state index contributed by atoms with van der Waals surface area (Å²) < 4.78 is 7.29. The first kappa shape index (κ1) is 29.8. The number of para-hydroxylation sites is 1. The summed E-state index contributed by atoms with van der Waals surface area (Å²) in [4.78, 5) is 15.1. The first-order chi connectivity index (χ1) is 26.3. The fraction of sp³-hybridized carbons (Fsp3) is 0. The van der Waals surface area contributed by atoms with Crippen LogP contribution in [-0.2, 0) is 0 Å². The molecule has 0 unspecified atom stereocenters. The Morgan fingerprint density at radius 1 is 0.415 bits per heavy atom. The minimum Gasteiger partial charge on any atom is -0.316 e. The van der Waals surface area contributed by atoms with Crippen LogP contribution in [0.3, 0.4) is 0 Å². The van der Waals surface area contributed by atoms with Gasteiger partial charge in [-0.25, -0.2) is 15.0 Å². The maximum absolute atomic E-state index is 5.08. The maximum Gasteiger partial charge on any atom is 0.164 e. The third-order valence-electron chi connectivity index (χ3n) is 10.2. The molecule has 0 aliphatic carbocycles. The highest BCUT2D eigenvalue weighted by Gasteiger charge is 2.21. The molecule has 0 spiro atoms. The van der Waals surface area contributed by atoms with Gasteiger partial charge in [0.05, 0.1) is 16.6 Å². The summed E-state index contributed by atoms with van der Waals surface area (Å²) in [6, 6.07) is 59.8. The second kappa shape index (κ2) is 11.8. The highest BCUT2D eigenvalue weighted by atomic mass is 32.1. The van der Waals surface area contributed by atoms with Gasteiger partial charge in [-0.1, -0.05) is 115 Å². The Kier molecular flexibility index (Phi) is 6.66. The average molecular weight is 696 g/mol. The summed E-state index contributed by atoms with van der Waals surface area (Å²) in [5.74, 6) is 1.92. The second-order valence-electron chi connectivity index (χ2n) is 13.3. The lowest BCUT2D eigenvalue weighted by Gasteiger charge is -2.12. The van der Waals surface area contributed by atoms with Crippen LogP contribution in [0.5, 0.6) is 0 Å². The van der Waals surface area contributed by atoms with Gasteiger partial charge in [0.1, 0.15) is 0 Å². The van der Waals surface area contributed by atoms with E-state index in [0.29, 0.717) is 17.5 Å². The summed E-state index contributed by atoms with van der Waals surface area (Å²) in [6.45, 7) is 0. The van der Waals surface area contributed by atoms with E-state index >= 15 is 0 Å². The van der Waals surface area contributed by atoms with E-state index in [1.165, 1.54) is 41.8 Å². The minimum atomic E-state index is 0.631. The molecule has 0 N–H and O–H groups in total. The van der Waals surface area contributed by atoms with E-state index in [4.69, 9.17) is 15.0 Å². The topological polar surface area (TPSA) is 48.5 Å². The van der Waals surface area contributed by atoms with Crippen LogP contribution < -0.4 is 0 Å². The lowest BCUT2D eigenvalue weighted by molar-refractivity contribution is 1.07. The molecule has 0 bridgehead atoms. The fourth-order valence-corrected chi connectivity index (χ4v) is 8.85. The maximum atomic E-state index is 5.08. The molecule has 0 aliphatic rings. The fourth-order valence-electron chi connectivity index (χ4n) is 7.74. The molecule has 6 heteroatoms. The molecule has 11 rings (SSSR count). The summed E-state index contributed by atoms with van der Waals surface area (Å²) in [5, 5.41) is 6.20. The van der Waals surface area contributed by atoms with Crippen molar-refractivity contribution in [3.05, 3.63) is 176 Å². The molecule has 0 radical (unpaired) electrons. The standard InChI is InChI=1S/C47H29N5S/c1-4-13-30(14-5-1)45-48-46(31-15-6-2-7-16-31)50-47(49-45)33-17-12-20-35(27-33)52-40-29-39-32(25-26-51(39)34-18-8-3-9-19-34)28-38(40)36-23-24-42-43(44(36)52)37-21-10-11-22-41(37)53-42/h1-29H. The van der Waals surface area contributed by atoms with Gasteiger partial charge < -0.3 is 9.13 Å². The van der Waals surface area contributed by atoms with Crippen molar-refractivity contribution in [1.82, 2.24) is 24.1 Å². The van der Waals surface area contributed by atoms with Crippen LogP contribution in [-0.4, -0.2) is 24.1 Å². The number of nitrogens with zero attached hydrogens (tertiary/aromatic N) is 5. The molecule has 4 aromatic heterocycles. The van der Waals surface area contributed by atoms with Gasteiger partial charge in [0.25, 0.3) is 0 Å². The smallest absolute Gasteiger partial charge is 0.164 e.